The Kier molecular flexibility index (Phi) is 6.53. The van der Waals surface area contributed by atoms with Crippen LogP contribution in [0.5, 0.6) is 0 Å². The van der Waals surface area contributed by atoms with Crippen LogP contribution in [-0.2, 0) is 10.8 Å². The van der Waals surface area contributed by atoms with Crippen LogP contribution in [0.1, 0.15) is 13.8 Å². The van der Waals surface area contributed by atoms with E-state index in [1.54, 1.807) is 17.2 Å². The molecule has 0 aliphatic heterocycles. The zero-order valence-electron chi connectivity index (χ0n) is 5.79. The van der Waals surface area contributed by atoms with Gasteiger partial charge in [-0.3, -0.25) is 4.21 Å². The Hall–Kier alpha value is 0.240. The highest BCUT2D eigenvalue weighted by Crippen LogP contribution is 2.00. The molecule has 3 heteroatoms. The van der Waals surface area contributed by atoms with Crippen LogP contribution < -0.4 is 0 Å². The molecule has 0 rings (SSSR count). The third kappa shape index (κ3) is 6.12. The van der Waals surface area contributed by atoms with E-state index in [9.17, 15) is 4.21 Å². The van der Waals surface area contributed by atoms with Crippen molar-refractivity contribution in [3.8, 4) is 0 Å². The summed E-state index contributed by atoms with van der Waals surface area (Å²) in [5.74, 6) is 1.78. The van der Waals surface area contributed by atoms with Gasteiger partial charge in [-0.2, -0.15) is 0 Å². The summed E-state index contributed by atoms with van der Waals surface area (Å²) >= 11 is 1.68. The Bertz CT molecular complexity index is 110. The standard InChI is InChI=1S/C6H12OS2/c1-3-8-5-6-9(7)4-2/h5-6H,3-4H2,1-2H3/b6-5-. The highest BCUT2D eigenvalue weighted by molar-refractivity contribution is 8.02. The van der Waals surface area contributed by atoms with Crippen LogP contribution in [0, 0.1) is 0 Å². The molecule has 0 N–H and O–H groups in total. The van der Waals surface area contributed by atoms with E-state index >= 15 is 0 Å². The second-order valence-electron chi connectivity index (χ2n) is 1.40. The molecular weight excluding hydrogens is 152 g/mol. The minimum absolute atomic E-state index is 0.723. The van der Waals surface area contributed by atoms with Crippen LogP contribution in [0.15, 0.2) is 10.8 Å². The lowest BCUT2D eigenvalue weighted by molar-refractivity contribution is 0.689. The van der Waals surface area contributed by atoms with Gasteiger partial charge in [0.05, 0.1) is 0 Å². The van der Waals surface area contributed by atoms with Crippen molar-refractivity contribution in [3.63, 3.8) is 0 Å². The van der Waals surface area contributed by atoms with Gasteiger partial charge >= 0.3 is 0 Å². The number of hydrogen-bond acceptors (Lipinski definition) is 2. The first kappa shape index (κ1) is 9.24. The summed E-state index contributed by atoms with van der Waals surface area (Å²) in [6.45, 7) is 3.99. The lowest BCUT2D eigenvalue weighted by Gasteiger charge is -1.85. The Morgan fingerprint density at radius 2 is 2.22 bits per heavy atom. The van der Waals surface area contributed by atoms with Crippen LogP contribution in [0.25, 0.3) is 0 Å². The lowest BCUT2D eigenvalue weighted by Crippen LogP contribution is -1.84. The quantitative estimate of drug-likeness (QED) is 0.632. The molecule has 0 aliphatic rings. The summed E-state index contributed by atoms with van der Waals surface area (Å²) in [6, 6.07) is 0. The Labute approximate surface area is 63.4 Å². The molecule has 0 spiro atoms. The zero-order valence-corrected chi connectivity index (χ0v) is 7.43. The molecule has 0 bridgehead atoms. The molecule has 0 fully saturated rings. The summed E-state index contributed by atoms with van der Waals surface area (Å²) < 4.78 is 10.7. The molecule has 54 valence electrons. The maximum atomic E-state index is 10.7. The van der Waals surface area contributed by atoms with Crippen LogP contribution in [0.3, 0.4) is 0 Å². The Morgan fingerprint density at radius 1 is 1.56 bits per heavy atom. The van der Waals surface area contributed by atoms with Crippen LogP contribution in [-0.4, -0.2) is 15.7 Å². The minimum Gasteiger partial charge on any atom is -0.255 e. The van der Waals surface area contributed by atoms with Gasteiger partial charge in [-0.05, 0) is 11.2 Å². The topological polar surface area (TPSA) is 17.1 Å². The highest BCUT2D eigenvalue weighted by Gasteiger charge is 1.83. The largest absolute Gasteiger partial charge is 0.255 e. The SMILES string of the molecule is CCS/C=C\S(=O)CC. The van der Waals surface area contributed by atoms with Crippen LogP contribution in [0.2, 0.25) is 0 Å². The van der Waals surface area contributed by atoms with Crippen molar-refractivity contribution < 1.29 is 4.21 Å². The van der Waals surface area contributed by atoms with Gasteiger partial charge in [0.25, 0.3) is 0 Å². The first-order valence-corrected chi connectivity index (χ1v) is 5.39. The second kappa shape index (κ2) is 6.36. The summed E-state index contributed by atoms with van der Waals surface area (Å²) in [5.41, 5.74) is 0. The molecule has 0 radical (unpaired) electrons. The second-order valence-corrected chi connectivity index (χ2v) is 4.19. The molecular formula is C6H12OS2. The van der Waals surface area contributed by atoms with Gasteiger partial charge in [-0.25, -0.2) is 0 Å². The first-order chi connectivity index (χ1) is 4.31. The van der Waals surface area contributed by atoms with E-state index in [1.807, 2.05) is 12.3 Å². The highest BCUT2D eigenvalue weighted by atomic mass is 32.2. The number of thioether (sulfide) groups is 1. The molecule has 0 aromatic rings. The molecule has 0 saturated heterocycles. The van der Waals surface area contributed by atoms with Gasteiger partial charge in [0.2, 0.25) is 0 Å². The molecule has 1 nitrogen and oxygen atoms in total. The molecule has 1 unspecified atom stereocenters. The Morgan fingerprint density at radius 3 is 2.67 bits per heavy atom. The fourth-order valence-corrected chi connectivity index (χ4v) is 1.49. The predicted octanol–water partition coefficient (Wildman–Crippen LogP) is 1.98. The average molecular weight is 164 g/mol. The molecule has 0 aromatic heterocycles. The van der Waals surface area contributed by atoms with Gasteiger partial charge in [0.1, 0.15) is 0 Å². The number of rotatable bonds is 4. The summed E-state index contributed by atoms with van der Waals surface area (Å²) in [7, 11) is -0.730. The van der Waals surface area contributed by atoms with Crippen LogP contribution in [0.4, 0.5) is 0 Å². The molecule has 0 saturated carbocycles. The molecule has 0 aromatic carbocycles. The van der Waals surface area contributed by atoms with Gasteiger partial charge in [-0.1, -0.05) is 13.8 Å². The van der Waals surface area contributed by atoms with E-state index in [2.05, 4.69) is 6.92 Å². The summed E-state index contributed by atoms with van der Waals surface area (Å²) in [6.07, 6.45) is 0. The fraction of sp³-hybridized carbons (Fsp3) is 0.667. The summed E-state index contributed by atoms with van der Waals surface area (Å²) in [5, 5.41) is 3.65. The van der Waals surface area contributed by atoms with E-state index < -0.39 is 10.8 Å². The fourth-order valence-electron chi connectivity index (χ4n) is 0.294. The van der Waals surface area contributed by atoms with Crippen LogP contribution >= 0.6 is 11.8 Å². The van der Waals surface area contributed by atoms with Crippen molar-refractivity contribution >= 4 is 22.6 Å². The summed E-state index contributed by atoms with van der Waals surface area (Å²) in [4.78, 5) is 0. The van der Waals surface area contributed by atoms with Gasteiger partial charge in [-0.15, -0.1) is 11.8 Å². The van der Waals surface area contributed by atoms with E-state index in [1.165, 1.54) is 0 Å². The molecule has 9 heavy (non-hydrogen) atoms. The van der Waals surface area contributed by atoms with E-state index in [-0.39, 0.29) is 0 Å². The molecule has 0 aliphatic carbocycles. The van der Waals surface area contributed by atoms with Gasteiger partial charge in [0.15, 0.2) is 0 Å². The van der Waals surface area contributed by atoms with Crippen molar-refractivity contribution in [2.24, 2.45) is 0 Å². The maximum Gasteiger partial charge on any atom is 0.0458 e. The van der Waals surface area contributed by atoms with Crippen molar-refractivity contribution in [1.82, 2.24) is 0 Å². The molecule has 1 atom stereocenters. The van der Waals surface area contributed by atoms with Crippen molar-refractivity contribution in [3.05, 3.63) is 10.8 Å². The normalized spacial score (nSPS) is 14.4. The van der Waals surface area contributed by atoms with Gasteiger partial charge < -0.3 is 0 Å². The van der Waals surface area contributed by atoms with Crippen molar-refractivity contribution in [1.29, 1.82) is 0 Å². The Balaban J connectivity index is 3.32. The van der Waals surface area contributed by atoms with E-state index in [4.69, 9.17) is 0 Å². The average Bonchev–Trinajstić information content (AvgIpc) is 1.89. The third-order valence-electron chi connectivity index (χ3n) is 0.755. The van der Waals surface area contributed by atoms with E-state index in [0.717, 1.165) is 11.5 Å². The third-order valence-corrected chi connectivity index (χ3v) is 2.60. The van der Waals surface area contributed by atoms with E-state index in [0.29, 0.717) is 0 Å². The molecule has 0 heterocycles. The molecule has 0 amide bonds. The predicted molar refractivity (Wildman–Crippen MR) is 46.0 cm³/mol. The van der Waals surface area contributed by atoms with Crippen molar-refractivity contribution in [2.75, 3.05) is 11.5 Å². The van der Waals surface area contributed by atoms with Gasteiger partial charge in [0, 0.05) is 22.0 Å². The minimum atomic E-state index is -0.730. The van der Waals surface area contributed by atoms with Crippen molar-refractivity contribution in [2.45, 2.75) is 13.8 Å². The number of hydrogen-bond donors (Lipinski definition) is 0. The lowest BCUT2D eigenvalue weighted by atomic mass is 11.0. The monoisotopic (exact) mass is 164 g/mol. The first-order valence-electron chi connectivity index (χ1n) is 2.96. The maximum absolute atomic E-state index is 10.7. The zero-order chi connectivity index (χ0) is 7.11. The smallest absolute Gasteiger partial charge is 0.0458 e.